The third-order valence-corrected chi connectivity index (χ3v) is 7.69. The molecule has 1 aliphatic carbocycles. The highest BCUT2D eigenvalue weighted by Crippen LogP contribution is 2.46. The normalized spacial score (nSPS) is 22.7. The molecule has 6 rings (SSSR count). The summed E-state index contributed by atoms with van der Waals surface area (Å²) in [5.41, 5.74) is 3.72. The topological polar surface area (TPSA) is 116 Å². The Morgan fingerprint density at radius 2 is 1.85 bits per heavy atom. The average Bonchev–Trinajstić information content (AvgIpc) is 3.62. The number of benzene rings is 1. The minimum absolute atomic E-state index is 0.0301. The van der Waals surface area contributed by atoms with E-state index in [1.807, 2.05) is 6.07 Å². The Hall–Kier alpha value is -3.64. The lowest BCUT2D eigenvalue weighted by atomic mass is 9.99. The highest BCUT2D eigenvalue weighted by atomic mass is 19.4. The minimum atomic E-state index is -4.82. The number of nitrogens with zero attached hydrogens (tertiary/aromatic N) is 3. The summed E-state index contributed by atoms with van der Waals surface area (Å²) in [6.07, 6.45) is 2.15. The third kappa shape index (κ3) is 5.30. The molecule has 3 aromatic rings. The molecule has 2 bridgehead atoms. The number of rotatable bonds is 8. The van der Waals surface area contributed by atoms with Crippen molar-refractivity contribution in [3.05, 3.63) is 59.5 Å². The zero-order valence-electron chi connectivity index (χ0n) is 21.0. The summed E-state index contributed by atoms with van der Waals surface area (Å²) in [6, 6.07) is 9.97. The summed E-state index contributed by atoms with van der Waals surface area (Å²) in [5, 5.41) is 4.17. The van der Waals surface area contributed by atoms with Gasteiger partial charge in [0, 0.05) is 35.3 Å². The summed E-state index contributed by atoms with van der Waals surface area (Å²) < 4.78 is 55.5. The summed E-state index contributed by atoms with van der Waals surface area (Å²) in [7, 11) is 0. The highest BCUT2D eigenvalue weighted by molar-refractivity contribution is 5.93. The molecular formula is C27H28F3N5O4. The number of nitrogen functional groups attached to an aromatic ring is 1. The van der Waals surface area contributed by atoms with Crippen molar-refractivity contribution < 1.29 is 32.0 Å². The molecule has 1 aromatic carbocycles. The number of fused-ring (bicyclic) bond motifs is 2. The largest absolute Gasteiger partial charge is 0.573 e. The molecular weight excluding hydrogens is 515 g/mol. The quantitative estimate of drug-likeness (QED) is 0.236. The van der Waals surface area contributed by atoms with Crippen LogP contribution in [0.25, 0.3) is 11.3 Å². The van der Waals surface area contributed by atoms with Crippen LogP contribution < -0.4 is 20.9 Å². The van der Waals surface area contributed by atoms with Crippen molar-refractivity contribution >= 4 is 11.7 Å². The Morgan fingerprint density at radius 1 is 1.10 bits per heavy atom. The van der Waals surface area contributed by atoms with Gasteiger partial charge in [0.2, 0.25) is 0 Å². The first-order valence-electron chi connectivity index (χ1n) is 13.0. The molecule has 3 N–H and O–H groups in total. The molecule has 3 fully saturated rings. The Labute approximate surface area is 222 Å². The molecule has 2 aromatic heterocycles. The number of halogens is 3. The number of nitrogens with one attached hydrogen (secondary N) is 1. The maximum Gasteiger partial charge on any atom is 0.573 e. The van der Waals surface area contributed by atoms with Gasteiger partial charge < -0.3 is 18.9 Å². The number of hydrogen-bond donors (Lipinski definition) is 2. The molecule has 1 saturated carbocycles. The number of piperidine rings is 1. The SMILES string of the molecule is NNC(=O)c1ccc(N2[C@@H]3CC[C@H]2CC(OCc2c(-c4ccccc4OC(F)(F)F)noc2C2CC2)C3)nc1. The summed E-state index contributed by atoms with van der Waals surface area (Å²) in [4.78, 5) is 18.5. The number of carbonyl (C=O) groups excluding carboxylic acids is 1. The molecule has 0 radical (unpaired) electrons. The van der Waals surface area contributed by atoms with Crippen LogP contribution in [0.2, 0.25) is 0 Å². The molecule has 206 valence electrons. The van der Waals surface area contributed by atoms with Gasteiger partial charge in [-0.3, -0.25) is 10.2 Å². The molecule has 1 unspecified atom stereocenters. The predicted molar refractivity (Wildman–Crippen MR) is 134 cm³/mol. The van der Waals surface area contributed by atoms with Crippen LogP contribution in [-0.4, -0.2) is 40.6 Å². The third-order valence-electron chi connectivity index (χ3n) is 7.69. The zero-order chi connectivity index (χ0) is 27.1. The van der Waals surface area contributed by atoms with E-state index in [-0.39, 0.29) is 42.0 Å². The summed E-state index contributed by atoms with van der Waals surface area (Å²) in [5.74, 6) is 6.19. The van der Waals surface area contributed by atoms with Gasteiger partial charge >= 0.3 is 6.36 Å². The number of hydrazine groups is 1. The second-order valence-electron chi connectivity index (χ2n) is 10.3. The lowest BCUT2D eigenvalue weighted by molar-refractivity contribution is -0.274. The first kappa shape index (κ1) is 25.6. The Balaban J connectivity index is 1.18. The van der Waals surface area contributed by atoms with E-state index in [1.54, 1.807) is 18.2 Å². The van der Waals surface area contributed by atoms with Gasteiger partial charge in [-0.2, -0.15) is 0 Å². The molecule has 0 spiro atoms. The lowest BCUT2D eigenvalue weighted by Gasteiger charge is -2.39. The van der Waals surface area contributed by atoms with Crippen LogP contribution >= 0.6 is 0 Å². The standard InChI is InChI=1S/C27H28F3N5O4/c28-27(29,30)38-22-4-2-1-3-20(22)24-21(25(39-34-24)15-5-6-15)14-37-19-11-17-8-9-18(12-19)35(17)23-10-7-16(13-32-23)26(36)33-31/h1-4,7,10,13,15,17-19H,5-6,8-9,11-12,14,31H2,(H,33,36)/t17-,18+,19?. The van der Waals surface area contributed by atoms with Crippen LogP contribution in [0.4, 0.5) is 19.0 Å². The van der Waals surface area contributed by atoms with Gasteiger partial charge in [-0.05, 0) is 62.8 Å². The van der Waals surface area contributed by atoms with Crippen molar-refractivity contribution in [2.45, 2.75) is 75.6 Å². The summed E-state index contributed by atoms with van der Waals surface area (Å²) in [6.45, 7) is 0.191. The maximum absolute atomic E-state index is 13.1. The van der Waals surface area contributed by atoms with Gasteiger partial charge in [-0.15, -0.1) is 13.2 Å². The van der Waals surface area contributed by atoms with Crippen molar-refractivity contribution in [3.8, 4) is 17.0 Å². The molecule has 3 aliphatic rings. The second-order valence-corrected chi connectivity index (χ2v) is 10.3. The molecule has 12 heteroatoms. The van der Waals surface area contributed by atoms with Crippen molar-refractivity contribution in [3.63, 3.8) is 0 Å². The number of nitrogens with two attached hydrogens (primary N) is 1. The number of anilines is 1. The van der Waals surface area contributed by atoms with Crippen LogP contribution in [0.5, 0.6) is 5.75 Å². The van der Waals surface area contributed by atoms with Gasteiger partial charge in [0.25, 0.3) is 5.91 Å². The van der Waals surface area contributed by atoms with Crippen LogP contribution in [0.3, 0.4) is 0 Å². The number of hydrogen-bond acceptors (Lipinski definition) is 8. The van der Waals surface area contributed by atoms with Crippen LogP contribution in [0, 0.1) is 0 Å². The van der Waals surface area contributed by atoms with E-state index < -0.39 is 12.3 Å². The van der Waals surface area contributed by atoms with Crippen molar-refractivity contribution in [2.24, 2.45) is 5.84 Å². The van der Waals surface area contributed by atoms with Gasteiger partial charge in [-0.25, -0.2) is 10.8 Å². The molecule has 39 heavy (non-hydrogen) atoms. The molecule has 2 aliphatic heterocycles. The van der Waals surface area contributed by atoms with Gasteiger partial charge in [0.15, 0.2) is 0 Å². The van der Waals surface area contributed by atoms with Gasteiger partial charge in [-0.1, -0.05) is 17.3 Å². The first-order chi connectivity index (χ1) is 18.8. The maximum atomic E-state index is 13.1. The van der Waals surface area contributed by atoms with E-state index in [2.05, 4.69) is 25.2 Å². The molecule has 9 nitrogen and oxygen atoms in total. The number of amides is 1. The van der Waals surface area contributed by atoms with Gasteiger partial charge in [0.1, 0.15) is 23.0 Å². The number of carbonyl (C=O) groups is 1. The molecule has 2 saturated heterocycles. The molecule has 4 heterocycles. The predicted octanol–water partition coefficient (Wildman–Crippen LogP) is 4.83. The van der Waals surface area contributed by atoms with Crippen molar-refractivity contribution in [2.75, 3.05) is 4.90 Å². The van der Waals surface area contributed by atoms with E-state index >= 15 is 0 Å². The number of alkyl halides is 3. The smallest absolute Gasteiger partial charge is 0.405 e. The Bertz CT molecular complexity index is 1330. The van der Waals surface area contributed by atoms with Gasteiger partial charge in [0.05, 0.1) is 18.3 Å². The van der Waals surface area contributed by atoms with Crippen molar-refractivity contribution in [1.82, 2.24) is 15.6 Å². The number of para-hydroxylation sites is 1. The van der Waals surface area contributed by atoms with E-state index in [0.29, 0.717) is 22.6 Å². The van der Waals surface area contributed by atoms with E-state index in [1.165, 1.54) is 18.3 Å². The van der Waals surface area contributed by atoms with Crippen LogP contribution in [-0.2, 0) is 11.3 Å². The minimum Gasteiger partial charge on any atom is -0.405 e. The lowest BCUT2D eigenvalue weighted by Crippen LogP contribution is -2.46. The monoisotopic (exact) mass is 543 g/mol. The fourth-order valence-corrected chi connectivity index (χ4v) is 5.81. The Morgan fingerprint density at radius 3 is 2.49 bits per heavy atom. The van der Waals surface area contributed by atoms with Crippen LogP contribution in [0.15, 0.2) is 47.1 Å². The zero-order valence-corrected chi connectivity index (χ0v) is 21.0. The molecule has 3 atom stereocenters. The van der Waals surface area contributed by atoms with E-state index in [0.717, 1.165) is 44.3 Å². The number of pyridine rings is 1. The van der Waals surface area contributed by atoms with Crippen molar-refractivity contribution in [1.29, 1.82) is 0 Å². The van der Waals surface area contributed by atoms with Crippen LogP contribution in [0.1, 0.15) is 66.1 Å². The first-order valence-corrected chi connectivity index (χ1v) is 13.0. The highest BCUT2D eigenvalue weighted by Gasteiger charge is 2.42. The van der Waals surface area contributed by atoms with E-state index in [4.69, 9.17) is 15.1 Å². The number of ether oxygens (including phenoxy) is 2. The second kappa shape index (κ2) is 10.2. The Kier molecular flexibility index (Phi) is 6.67. The fourth-order valence-electron chi connectivity index (χ4n) is 5.81. The average molecular weight is 544 g/mol. The number of aromatic nitrogens is 2. The molecule has 1 amide bonds. The van der Waals surface area contributed by atoms with E-state index in [9.17, 15) is 18.0 Å². The summed E-state index contributed by atoms with van der Waals surface area (Å²) >= 11 is 0. The fraction of sp³-hybridized carbons (Fsp3) is 0.444.